The summed E-state index contributed by atoms with van der Waals surface area (Å²) in [7, 11) is 1.59. The first-order chi connectivity index (χ1) is 17.2. The molecule has 5 rings (SSSR count). The fraction of sp³-hybridized carbons (Fsp3) is 0.143. The lowest BCUT2D eigenvalue weighted by Gasteiger charge is -2.31. The average Bonchev–Trinajstić information content (AvgIpc) is 3.03. The maximum Gasteiger partial charge on any atom is 0.259 e. The monoisotopic (exact) mass is 463 g/mol. The number of rotatable bonds is 6. The Labute approximate surface area is 204 Å². The molecule has 2 aromatic carbocycles. The molecular weight excluding hydrogens is 438 g/mol. The van der Waals surface area contributed by atoms with Crippen LogP contribution >= 0.6 is 0 Å². The summed E-state index contributed by atoms with van der Waals surface area (Å²) >= 11 is 0. The first-order valence-corrected chi connectivity index (χ1v) is 11.3. The molecule has 174 valence electrons. The van der Waals surface area contributed by atoms with Gasteiger partial charge in [-0.15, -0.1) is 6.58 Å². The van der Waals surface area contributed by atoms with Crippen molar-refractivity contribution in [3.63, 3.8) is 0 Å². The smallest absolute Gasteiger partial charge is 0.259 e. The molecule has 0 unspecified atom stereocenters. The first kappa shape index (κ1) is 22.3. The van der Waals surface area contributed by atoms with Gasteiger partial charge in [-0.25, -0.2) is 9.97 Å². The second-order valence-corrected chi connectivity index (χ2v) is 8.19. The number of fused-ring (bicyclic) bond motifs is 1. The zero-order chi connectivity index (χ0) is 24.2. The van der Waals surface area contributed by atoms with Gasteiger partial charge in [0.05, 0.1) is 18.7 Å². The molecule has 0 N–H and O–H groups in total. The van der Waals surface area contributed by atoms with Gasteiger partial charge in [-0.3, -0.25) is 9.78 Å². The van der Waals surface area contributed by atoms with Crippen molar-refractivity contribution < 1.29 is 9.53 Å². The normalized spacial score (nSPS) is 15.3. The van der Waals surface area contributed by atoms with Crippen LogP contribution in [0.1, 0.15) is 15.9 Å². The van der Waals surface area contributed by atoms with Crippen LogP contribution in [-0.4, -0.2) is 45.5 Å². The minimum Gasteiger partial charge on any atom is -0.496 e. The number of aromatic nitrogens is 3. The van der Waals surface area contributed by atoms with Gasteiger partial charge in [-0.2, -0.15) is 0 Å². The molecule has 4 aromatic rings. The lowest BCUT2D eigenvalue weighted by Crippen LogP contribution is -2.39. The molecule has 1 aliphatic rings. The van der Waals surface area contributed by atoms with E-state index < -0.39 is 0 Å². The fourth-order valence-corrected chi connectivity index (χ4v) is 4.30. The van der Waals surface area contributed by atoms with Gasteiger partial charge in [0.2, 0.25) is 0 Å². The minimum absolute atomic E-state index is 0.126. The van der Waals surface area contributed by atoms with Crippen LogP contribution in [0.2, 0.25) is 0 Å². The first-order valence-electron chi connectivity index (χ1n) is 11.3. The number of amides is 1. The maximum atomic E-state index is 13.8. The summed E-state index contributed by atoms with van der Waals surface area (Å²) in [6.07, 6.45) is 6.78. The number of carbonyl (C=O) groups is 1. The Morgan fingerprint density at radius 3 is 2.49 bits per heavy atom. The molecular formula is C28H25N5O2. The number of carbonyl (C=O) groups excluding carboxylic acids is 1. The second-order valence-electron chi connectivity index (χ2n) is 8.19. The van der Waals surface area contributed by atoms with Crippen LogP contribution in [0.15, 0.2) is 98.0 Å². The van der Waals surface area contributed by atoms with E-state index in [1.54, 1.807) is 31.8 Å². The van der Waals surface area contributed by atoms with Gasteiger partial charge in [-0.05, 0) is 23.8 Å². The van der Waals surface area contributed by atoms with Crippen molar-refractivity contribution in [2.24, 2.45) is 0 Å². The molecule has 0 saturated carbocycles. The summed E-state index contributed by atoms with van der Waals surface area (Å²) in [6.45, 7) is 5.03. The van der Waals surface area contributed by atoms with Crippen molar-refractivity contribution in [3.8, 4) is 17.1 Å². The van der Waals surface area contributed by atoms with E-state index in [0.29, 0.717) is 41.6 Å². The van der Waals surface area contributed by atoms with Gasteiger partial charge in [0, 0.05) is 37.4 Å². The Kier molecular flexibility index (Phi) is 6.22. The Balaban J connectivity index is 1.67. The largest absolute Gasteiger partial charge is 0.496 e. The van der Waals surface area contributed by atoms with Gasteiger partial charge in [-0.1, -0.05) is 54.6 Å². The van der Waals surface area contributed by atoms with Crippen molar-refractivity contribution in [3.05, 3.63) is 109 Å². The predicted molar refractivity (Wildman–Crippen MR) is 136 cm³/mol. The number of benzene rings is 2. The van der Waals surface area contributed by atoms with Crippen molar-refractivity contribution in [2.75, 3.05) is 18.6 Å². The molecule has 1 atom stereocenters. The zero-order valence-electron chi connectivity index (χ0n) is 19.4. The minimum atomic E-state index is -0.204. The Morgan fingerprint density at radius 1 is 1.03 bits per heavy atom. The molecule has 7 heteroatoms. The van der Waals surface area contributed by atoms with Gasteiger partial charge >= 0.3 is 0 Å². The third-order valence-electron chi connectivity index (χ3n) is 6.02. The summed E-state index contributed by atoms with van der Waals surface area (Å²) in [6, 6.07) is 21.4. The quantitative estimate of drug-likeness (QED) is 0.379. The van der Waals surface area contributed by atoms with Crippen LogP contribution < -0.4 is 9.64 Å². The molecule has 0 aliphatic carbocycles. The highest BCUT2D eigenvalue weighted by atomic mass is 16.5. The number of pyridine rings is 1. The average molecular weight is 464 g/mol. The number of nitrogens with zero attached hydrogens (tertiary/aromatic N) is 5. The van der Waals surface area contributed by atoms with Crippen LogP contribution in [0.5, 0.6) is 5.75 Å². The predicted octanol–water partition coefficient (Wildman–Crippen LogP) is 4.90. The summed E-state index contributed by atoms with van der Waals surface area (Å²) in [4.78, 5) is 31.4. The van der Waals surface area contributed by atoms with E-state index >= 15 is 0 Å². The lowest BCUT2D eigenvalue weighted by molar-refractivity contribution is 0.0747. The van der Waals surface area contributed by atoms with Gasteiger partial charge in [0.15, 0.2) is 11.6 Å². The third kappa shape index (κ3) is 4.36. The summed E-state index contributed by atoms with van der Waals surface area (Å²) in [5, 5.41) is 0. The number of methoxy groups -OCH3 is 1. The van der Waals surface area contributed by atoms with Crippen LogP contribution in [0.3, 0.4) is 0 Å². The summed E-state index contributed by atoms with van der Waals surface area (Å²) in [5.74, 6) is 1.44. The zero-order valence-corrected chi connectivity index (χ0v) is 19.4. The number of anilines is 2. The molecule has 0 radical (unpaired) electrons. The SMILES string of the molecule is C=C[C@H]1CN(Cc2ccccc2)C(=O)c2cnc(-c3cnccc3OC)nc2N1c1ccccc1. The van der Waals surface area contributed by atoms with Crippen LogP contribution in [0.4, 0.5) is 11.5 Å². The molecule has 2 aromatic heterocycles. The number of hydrogen-bond acceptors (Lipinski definition) is 6. The fourth-order valence-electron chi connectivity index (χ4n) is 4.30. The summed E-state index contributed by atoms with van der Waals surface area (Å²) in [5.41, 5.74) is 3.05. The van der Waals surface area contributed by atoms with E-state index in [2.05, 4.69) is 21.4 Å². The number of hydrogen-bond donors (Lipinski definition) is 0. The molecule has 0 spiro atoms. The van der Waals surface area contributed by atoms with Gasteiger partial charge < -0.3 is 14.5 Å². The molecule has 1 aliphatic heterocycles. The van der Waals surface area contributed by atoms with Crippen LogP contribution in [0, 0.1) is 0 Å². The maximum absolute atomic E-state index is 13.8. The van der Waals surface area contributed by atoms with Gasteiger partial charge in [0.25, 0.3) is 5.91 Å². The highest BCUT2D eigenvalue weighted by Gasteiger charge is 2.34. The van der Waals surface area contributed by atoms with Gasteiger partial charge in [0.1, 0.15) is 11.3 Å². The molecule has 35 heavy (non-hydrogen) atoms. The van der Waals surface area contributed by atoms with E-state index in [0.717, 1.165) is 11.3 Å². The standard InChI is InChI=1S/C28H25N5O2/c1-3-21-19-32(18-20-10-6-4-7-11-20)28(34)24-17-30-26(23-16-29-15-14-25(23)35-2)31-27(24)33(21)22-12-8-5-9-13-22/h3-17,21H,1,18-19H2,2H3/t21-/m0/s1. The number of ether oxygens (including phenoxy) is 1. The van der Waals surface area contributed by atoms with E-state index in [4.69, 9.17) is 9.72 Å². The van der Waals surface area contributed by atoms with Crippen molar-refractivity contribution in [2.45, 2.75) is 12.6 Å². The molecule has 0 saturated heterocycles. The highest BCUT2D eigenvalue weighted by molar-refractivity contribution is 6.00. The Hall–Kier alpha value is -4.52. The van der Waals surface area contributed by atoms with E-state index in [1.165, 1.54) is 0 Å². The van der Waals surface area contributed by atoms with E-state index in [1.807, 2.05) is 71.6 Å². The van der Waals surface area contributed by atoms with E-state index in [9.17, 15) is 4.79 Å². The molecule has 7 nitrogen and oxygen atoms in total. The van der Waals surface area contributed by atoms with Crippen LogP contribution in [0.25, 0.3) is 11.4 Å². The molecule has 3 heterocycles. The molecule has 1 amide bonds. The Bertz CT molecular complexity index is 1340. The third-order valence-corrected chi connectivity index (χ3v) is 6.02. The molecule has 0 fully saturated rings. The number of para-hydroxylation sites is 1. The van der Waals surface area contributed by atoms with Crippen LogP contribution in [-0.2, 0) is 6.54 Å². The lowest BCUT2D eigenvalue weighted by atomic mass is 10.1. The van der Waals surface area contributed by atoms with Crippen molar-refractivity contribution >= 4 is 17.4 Å². The highest BCUT2D eigenvalue weighted by Crippen LogP contribution is 2.36. The topological polar surface area (TPSA) is 71.5 Å². The molecule has 0 bridgehead atoms. The van der Waals surface area contributed by atoms with Crippen molar-refractivity contribution in [1.82, 2.24) is 19.9 Å². The Morgan fingerprint density at radius 2 is 1.77 bits per heavy atom. The van der Waals surface area contributed by atoms with E-state index in [-0.39, 0.29) is 11.9 Å². The second kappa shape index (κ2) is 9.77. The van der Waals surface area contributed by atoms with Crippen molar-refractivity contribution in [1.29, 1.82) is 0 Å². The summed E-state index contributed by atoms with van der Waals surface area (Å²) < 4.78 is 5.50.